The average molecular weight is 403 g/mol. The van der Waals surface area contributed by atoms with Gasteiger partial charge >= 0.3 is 6.18 Å². The first-order chi connectivity index (χ1) is 12.6. The summed E-state index contributed by atoms with van der Waals surface area (Å²) in [6, 6.07) is 3.24. The molecule has 1 aromatic carbocycles. The van der Waals surface area contributed by atoms with Crippen LogP contribution in [0.5, 0.6) is 0 Å². The van der Waals surface area contributed by atoms with Crippen molar-refractivity contribution in [2.75, 3.05) is 11.1 Å². The third-order valence-corrected chi connectivity index (χ3v) is 4.18. The molecule has 3 rings (SSSR count). The Morgan fingerprint density at radius 3 is 2.56 bits per heavy atom. The van der Waals surface area contributed by atoms with Gasteiger partial charge < -0.3 is 11.1 Å². The summed E-state index contributed by atoms with van der Waals surface area (Å²) >= 11 is 0.704. The van der Waals surface area contributed by atoms with Gasteiger partial charge in [-0.25, -0.2) is 13.8 Å². The lowest BCUT2D eigenvalue weighted by atomic mass is 10.2. The number of nitrogens with one attached hydrogen (secondary N) is 1. The third-order valence-electron chi connectivity index (χ3n) is 3.28. The van der Waals surface area contributed by atoms with Crippen molar-refractivity contribution in [3.63, 3.8) is 0 Å². The van der Waals surface area contributed by atoms with Crippen LogP contribution >= 0.6 is 11.3 Å². The van der Waals surface area contributed by atoms with Crippen LogP contribution in [-0.4, -0.2) is 26.8 Å². The molecule has 142 valence electrons. The number of rotatable bonds is 4. The maximum Gasteiger partial charge on any atom is 0.408 e. The number of amides is 1. The number of benzene rings is 1. The number of nitrogens with two attached hydrogens (primary N) is 1. The average Bonchev–Trinajstić information content (AvgIpc) is 3.12. The number of carbonyl (C=O) groups is 1. The summed E-state index contributed by atoms with van der Waals surface area (Å²) in [6.07, 6.45) is -2.47. The van der Waals surface area contributed by atoms with Gasteiger partial charge in [0.2, 0.25) is 0 Å². The second-order valence-electron chi connectivity index (χ2n) is 5.32. The molecular weight excluding hydrogens is 393 g/mol. The van der Waals surface area contributed by atoms with Crippen molar-refractivity contribution in [3.05, 3.63) is 47.9 Å². The molecule has 0 atom stereocenters. The molecule has 0 saturated carbocycles. The lowest BCUT2D eigenvalue weighted by molar-refractivity contribution is -0.142. The van der Waals surface area contributed by atoms with Gasteiger partial charge in [0.15, 0.2) is 5.69 Å². The van der Waals surface area contributed by atoms with Crippen LogP contribution in [0.1, 0.15) is 10.5 Å². The topological polar surface area (TPSA) is 85.8 Å². The Morgan fingerprint density at radius 2 is 1.93 bits per heavy atom. The maximum atomic E-state index is 13.8. The van der Waals surface area contributed by atoms with Crippen molar-refractivity contribution in [1.82, 2.24) is 14.8 Å². The highest BCUT2D eigenvalue weighted by molar-refractivity contribution is 7.19. The number of nitrogens with zero attached hydrogens (tertiary/aromatic N) is 3. The summed E-state index contributed by atoms with van der Waals surface area (Å²) in [5.74, 6) is -2.59. The summed E-state index contributed by atoms with van der Waals surface area (Å²) in [6.45, 7) is -1.32. The predicted octanol–water partition coefficient (Wildman–Crippen LogP) is 3.68. The van der Waals surface area contributed by atoms with Gasteiger partial charge in [0.1, 0.15) is 28.2 Å². The summed E-state index contributed by atoms with van der Waals surface area (Å²) in [5, 5.41) is 5.52. The zero-order valence-electron chi connectivity index (χ0n) is 13.2. The van der Waals surface area contributed by atoms with Crippen molar-refractivity contribution in [3.8, 4) is 10.6 Å². The predicted molar refractivity (Wildman–Crippen MR) is 88.1 cm³/mol. The number of aromatic nitrogens is 3. The van der Waals surface area contributed by atoms with Crippen LogP contribution in [0, 0.1) is 11.6 Å². The van der Waals surface area contributed by atoms with Gasteiger partial charge in [-0.05, 0) is 12.1 Å². The van der Waals surface area contributed by atoms with Crippen LogP contribution in [0.3, 0.4) is 0 Å². The van der Waals surface area contributed by atoms with Gasteiger partial charge in [-0.2, -0.15) is 18.3 Å². The molecule has 2 aromatic heterocycles. The van der Waals surface area contributed by atoms with E-state index in [1.165, 1.54) is 6.07 Å². The van der Waals surface area contributed by atoms with E-state index in [0.29, 0.717) is 16.0 Å². The van der Waals surface area contributed by atoms with E-state index in [0.717, 1.165) is 24.5 Å². The molecule has 2 heterocycles. The van der Waals surface area contributed by atoms with E-state index in [9.17, 15) is 26.7 Å². The molecule has 27 heavy (non-hydrogen) atoms. The molecule has 0 unspecified atom stereocenters. The van der Waals surface area contributed by atoms with Gasteiger partial charge in [0.05, 0.1) is 17.4 Å². The molecule has 0 fully saturated rings. The summed E-state index contributed by atoms with van der Waals surface area (Å²) < 4.78 is 65.3. The standard InChI is InChI=1S/C15H10F5N5OS/c16-8-2-1-3-9(17)10(8)14-24-11(12(21)27-14)13(26)23-7-4-22-25(5-7)6-15(18,19)20/h1-5H,6,21H2,(H,23,26). The second-order valence-corrected chi connectivity index (χ2v) is 6.36. The van der Waals surface area contributed by atoms with Crippen molar-refractivity contribution < 1.29 is 26.7 Å². The largest absolute Gasteiger partial charge is 0.408 e. The molecule has 0 spiro atoms. The number of halogens is 5. The minimum absolute atomic E-state index is 0.0183. The van der Waals surface area contributed by atoms with Crippen molar-refractivity contribution in [2.24, 2.45) is 0 Å². The Hall–Kier alpha value is -3.02. The molecule has 12 heteroatoms. The van der Waals surface area contributed by atoms with Crippen molar-refractivity contribution in [2.45, 2.75) is 12.7 Å². The molecule has 0 radical (unpaired) electrons. The molecule has 0 aliphatic rings. The number of anilines is 2. The smallest absolute Gasteiger partial charge is 0.389 e. The van der Waals surface area contributed by atoms with Crippen molar-refractivity contribution in [1.29, 1.82) is 0 Å². The Balaban J connectivity index is 1.81. The molecule has 3 N–H and O–H groups in total. The molecule has 0 saturated heterocycles. The molecule has 0 bridgehead atoms. The highest BCUT2D eigenvalue weighted by Gasteiger charge is 2.28. The van der Waals surface area contributed by atoms with Gasteiger partial charge in [-0.3, -0.25) is 9.48 Å². The number of alkyl halides is 3. The highest BCUT2D eigenvalue weighted by Crippen LogP contribution is 2.33. The van der Waals surface area contributed by atoms with Gasteiger partial charge in [-0.15, -0.1) is 0 Å². The van der Waals surface area contributed by atoms with E-state index in [1.807, 2.05) is 0 Å². The van der Waals surface area contributed by atoms with E-state index < -0.39 is 35.8 Å². The van der Waals surface area contributed by atoms with Crippen LogP contribution in [-0.2, 0) is 6.54 Å². The summed E-state index contributed by atoms with van der Waals surface area (Å²) in [7, 11) is 0. The third kappa shape index (κ3) is 4.22. The van der Waals surface area contributed by atoms with Crippen LogP contribution < -0.4 is 11.1 Å². The maximum absolute atomic E-state index is 13.8. The monoisotopic (exact) mass is 403 g/mol. The molecule has 1 amide bonds. The molecular formula is C15H10F5N5OS. The van der Waals surface area contributed by atoms with Crippen LogP contribution in [0.4, 0.5) is 32.6 Å². The van der Waals surface area contributed by atoms with Crippen LogP contribution in [0.15, 0.2) is 30.6 Å². The lowest BCUT2D eigenvalue weighted by Gasteiger charge is -2.05. The fourth-order valence-electron chi connectivity index (χ4n) is 2.19. The zero-order chi connectivity index (χ0) is 19.8. The first-order valence-corrected chi connectivity index (χ1v) is 8.07. The molecule has 3 aromatic rings. The second kappa shape index (κ2) is 6.95. The number of carbonyl (C=O) groups excluding carboxylic acids is 1. The van der Waals surface area contributed by atoms with Gasteiger partial charge in [0.25, 0.3) is 5.91 Å². The van der Waals surface area contributed by atoms with E-state index in [2.05, 4.69) is 15.4 Å². The minimum Gasteiger partial charge on any atom is -0.389 e. The highest BCUT2D eigenvalue weighted by atomic mass is 32.1. The zero-order valence-corrected chi connectivity index (χ0v) is 14.0. The Morgan fingerprint density at radius 1 is 1.26 bits per heavy atom. The fourth-order valence-corrected chi connectivity index (χ4v) is 3.07. The molecule has 6 nitrogen and oxygen atoms in total. The normalized spacial score (nSPS) is 11.6. The van der Waals surface area contributed by atoms with E-state index in [-0.39, 0.29) is 21.4 Å². The number of nitrogen functional groups attached to an aromatic ring is 1. The van der Waals surface area contributed by atoms with Gasteiger partial charge in [-0.1, -0.05) is 17.4 Å². The van der Waals surface area contributed by atoms with Crippen LogP contribution in [0.25, 0.3) is 10.6 Å². The van der Waals surface area contributed by atoms with Crippen LogP contribution in [0.2, 0.25) is 0 Å². The SMILES string of the molecule is Nc1sc(-c2c(F)cccc2F)nc1C(=O)Nc1cnn(CC(F)(F)F)c1. The lowest BCUT2D eigenvalue weighted by Crippen LogP contribution is -2.18. The summed E-state index contributed by atoms with van der Waals surface area (Å²) in [4.78, 5) is 16.1. The van der Waals surface area contributed by atoms with Crippen molar-refractivity contribution >= 4 is 27.9 Å². The van der Waals surface area contributed by atoms with E-state index in [4.69, 9.17) is 5.73 Å². The first-order valence-electron chi connectivity index (χ1n) is 7.25. The number of hydrogen-bond acceptors (Lipinski definition) is 5. The minimum atomic E-state index is -4.47. The molecule has 0 aliphatic heterocycles. The van der Waals surface area contributed by atoms with E-state index in [1.54, 1.807) is 0 Å². The molecule has 0 aliphatic carbocycles. The Bertz CT molecular complexity index is 977. The number of hydrogen-bond donors (Lipinski definition) is 2. The quantitative estimate of drug-likeness (QED) is 0.651. The Labute approximate surface area is 152 Å². The summed E-state index contributed by atoms with van der Waals surface area (Å²) in [5.41, 5.74) is 4.96. The number of thiazole rings is 1. The van der Waals surface area contributed by atoms with Gasteiger partial charge in [0, 0.05) is 6.20 Å². The fraction of sp³-hybridized carbons (Fsp3) is 0.133. The Kier molecular flexibility index (Phi) is 4.83. The first kappa shape index (κ1) is 18.8. The van der Waals surface area contributed by atoms with E-state index >= 15 is 0 Å².